The molecular weight excluding hydrogens is 352 g/mol. The van der Waals surface area contributed by atoms with Crippen LogP contribution in [0.4, 0.5) is 17.5 Å². The Morgan fingerprint density at radius 1 is 1.08 bits per heavy atom. The second-order valence-corrected chi connectivity index (χ2v) is 5.68. The van der Waals surface area contributed by atoms with Gasteiger partial charge in [-0.15, -0.1) is 12.4 Å². The van der Waals surface area contributed by atoms with Gasteiger partial charge in [0.2, 0.25) is 5.95 Å². The van der Waals surface area contributed by atoms with E-state index in [0.29, 0.717) is 24.5 Å². The molecule has 0 saturated heterocycles. The number of carbonyl (C=O) groups excluding carboxylic acids is 1. The molecule has 2 aromatic carbocycles. The molecule has 7 heteroatoms. The maximum atomic E-state index is 11.4. The van der Waals surface area contributed by atoms with Gasteiger partial charge in [0.1, 0.15) is 5.82 Å². The number of ketones is 1. The van der Waals surface area contributed by atoms with Crippen LogP contribution in [0.2, 0.25) is 0 Å². The molecule has 0 unspecified atom stereocenters. The minimum atomic E-state index is 0. The molecule has 0 saturated carbocycles. The van der Waals surface area contributed by atoms with Gasteiger partial charge >= 0.3 is 0 Å². The Morgan fingerprint density at radius 3 is 2.50 bits per heavy atom. The maximum absolute atomic E-state index is 11.4. The van der Waals surface area contributed by atoms with Crippen LogP contribution in [0.25, 0.3) is 10.9 Å². The molecule has 3 aromatic rings. The number of aromatic nitrogens is 2. The van der Waals surface area contributed by atoms with Crippen LogP contribution in [0.15, 0.2) is 48.5 Å². The largest absolute Gasteiger partial charge is 0.396 e. The van der Waals surface area contributed by atoms with Crippen molar-refractivity contribution in [2.45, 2.75) is 13.3 Å². The van der Waals surface area contributed by atoms with Crippen molar-refractivity contribution in [1.29, 1.82) is 0 Å². The second-order valence-electron chi connectivity index (χ2n) is 5.68. The Bertz CT molecular complexity index is 884. The Morgan fingerprint density at radius 2 is 1.81 bits per heavy atom. The predicted molar refractivity (Wildman–Crippen MR) is 107 cm³/mol. The summed E-state index contributed by atoms with van der Waals surface area (Å²) < 4.78 is 0. The van der Waals surface area contributed by atoms with Gasteiger partial charge < -0.3 is 15.7 Å². The van der Waals surface area contributed by atoms with Gasteiger partial charge in [-0.2, -0.15) is 4.98 Å². The molecule has 1 aromatic heterocycles. The molecule has 26 heavy (non-hydrogen) atoms. The lowest BCUT2D eigenvalue weighted by Crippen LogP contribution is -2.08. The van der Waals surface area contributed by atoms with Gasteiger partial charge in [0.15, 0.2) is 5.78 Å². The monoisotopic (exact) mass is 372 g/mol. The van der Waals surface area contributed by atoms with E-state index in [2.05, 4.69) is 20.6 Å². The Hall–Kier alpha value is -2.70. The topological polar surface area (TPSA) is 87.1 Å². The summed E-state index contributed by atoms with van der Waals surface area (Å²) in [4.78, 5) is 20.4. The minimum Gasteiger partial charge on any atom is -0.396 e. The summed E-state index contributed by atoms with van der Waals surface area (Å²) in [7, 11) is 0. The third-order valence-electron chi connectivity index (χ3n) is 3.78. The van der Waals surface area contributed by atoms with Gasteiger partial charge in [-0.3, -0.25) is 4.79 Å². The highest BCUT2D eigenvalue weighted by Crippen LogP contribution is 2.23. The highest BCUT2D eigenvalue weighted by molar-refractivity contribution is 5.94. The van der Waals surface area contributed by atoms with Crippen molar-refractivity contribution in [3.05, 3.63) is 54.1 Å². The number of aliphatic hydroxyl groups is 1. The maximum Gasteiger partial charge on any atom is 0.229 e. The average Bonchev–Trinajstić information content (AvgIpc) is 2.62. The highest BCUT2D eigenvalue weighted by atomic mass is 35.5. The van der Waals surface area contributed by atoms with E-state index in [-0.39, 0.29) is 24.8 Å². The van der Waals surface area contributed by atoms with Crippen LogP contribution in [0.1, 0.15) is 23.7 Å². The van der Waals surface area contributed by atoms with Gasteiger partial charge in [0.25, 0.3) is 0 Å². The van der Waals surface area contributed by atoms with Crippen LogP contribution in [-0.2, 0) is 0 Å². The summed E-state index contributed by atoms with van der Waals surface area (Å²) in [6, 6.07) is 15.0. The zero-order valence-electron chi connectivity index (χ0n) is 14.4. The molecule has 0 spiro atoms. The molecular formula is C19H21ClN4O2. The number of aliphatic hydroxyl groups excluding tert-OH is 1. The van der Waals surface area contributed by atoms with E-state index in [1.807, 2.05) is 36.4 Å². The quantitative estimate of drug-likeness (QED) is 0.432. The molecule has 136 valence electrons. The van der Waals surface area contributed by atoms with Crippen molar-refractivity contribution in [3.8, 4) is 0 Å². The van der Waals surface area contributed by atoms with Gasteiger partial charge in [0.05, 0.1) is 5.52 Å². The Labute approximate surface area is 158 Å². The standard InChI is InChI=1S/C19H20N4O2.ClH/c1-13(25)14-7-9-15(10-8-14)21-19-22-17-6-3-2-5-16(17)18(23-19)20-11-4-12-24;/h2-3,5-10,24H,4,11-12H2,1H3,(H2,20,21,22,23);1H. The number of halogens is 1. The minimum absolute atomic E-state index is 0. The first-order chi connectivity index (χ1) is 12.2. The van der Waals surface area contributed by atoms with Crippen LogP contribution in [0, 0.1) is 0 Å². The Balaban J connectivity index is 0.00000243. The predicted octanol–water partition coefficient (Wildman–Crippen LogP) is 3.79. The van der Waals surface area contributed by atoms with Gasteiger partial charge in [-0.25, -0.2) is 4.98 Å². The fraction of sp³-hybridized carbons (Fsp3) is 0.211. The number of anilines is 3. The van der Waals surface area contributed by atoms with Crippen molar-refractivity contribution in [3.63, 3.8) is 0 Å². The summed E-state index contributed by atoms with van der Waals surface area (Å²) in [6.07, 6.45) is 0.646. The van der Waals surface area contributed by atoms with E-state index in [1.165, 1.54) is 0 Å². The Kier molecular flexibility index (Phi) is 6.89. The number of Topliss-reactive ketones (excluding diaryl/α,β-unsaturated/α-hetero) is 1. The van der Waals surface area contributed by atoms with Gasteiger partial charge in [-0.1, -0.05) is 12.1 Å². The third-order valence-corrected chi connectivity index (χ3v) is 3.78. The number of benzene rings is 2. The molecule has 1 heterocycles. The molecule has 0 atom stereocenters. The normalized spacial score (nSPS) is 10.2. The number of nitrogens with zero attached hydrogens (tertiary/aromatic N) is 2. The average molecular weight is 373 g/mol. The second kappa shape index (κ2) is 9.12. The van der Waals surface area contributed by atoms with E-state index in [4.69, 9.17) is 5.11 Å². The SMILES string of the molecule is CC(=O)c1ccc(Nc2nc(NCCCO)c3ccccc3n2)cc1.Cl. The van der Waals surface area contributed by atoms with Gasteiger partial charge in [0, 0.05) is 29.8 Å². The lowest BCUT2D eigenvalue weighted by atomic mass is 10.1. The number of carbonyl (C=O) groups is 1. The zero-order valence-corrected chi connectivity index (χ0v) is 15.2. The van der Waals surface area contributed by atoms with E-state index < -0.39 is 0 Å². The number of para-hydroxylation sites is 1. The molecule has 3 N–H and O–H groups in total. The molecule has 0 fully saturated rings. The lowest BCUT2D eigenvalue weighted by Gasteiger charge is -2.11. The van der Waals surface area contributed by atoms with Crippen molar-refractivity contribution in [2.75, 3.05) is 23.8 Å². The number of hydrogen-bond acceptors (Lipinski definition) is 6. The van der Waals surface area contributed by atoms with Crippen LogP contribution < -0.4 is 10.6 Å². The number of nitrogens with one attached hydrogen (secondary N) is 2. The first-order valence-electron chi connectivity index (χ1n) is 8.17. The van der Waals surface area contributed by atoms with Crippen molar-refractivity contribution in [2.24, 2.45) is 0 Å². The van der Waals surface area contributed by atoms with E-state index in [9.17, 15) is 4.79 Å². The first-order valence-corrected chi connectivity index (χ1v) is 8.17. The zero-order chi connectivity index (χ0) is 17.6. The number of fused-ring (bicyclic) bond motifs is 1. The summed E-state index contributed by atoms with van der Waals surface area (Å²) in [6.45, 7) is 2.30. The number of hydrogen-bond donors (Lipinski definition) is 3. The van der Waals surface area contributed by atoms with Crippen molar-refractivity contribution < 1.29 is 9.90 Å². The molecule has 6 nitrogen and oxygen atoms in total. The molecule has 0 aliphatic heterocycles. The van der Waals surface area contributed by atoms with Crippen LogP contribution in [0.3, 0.4) is 0 Å². The smallest absolute Gasteiger partial charge is 0.229 e. The molecule has 0 bridgehead atoms. The lowest BCUT2D eigenvalue weighted by molar-refractivity contribution is 0.101. The number of rotatable bonds is 7. The summed E-state index contributed by atoms with van der Waals surface area (Å²) in [5, 5.41) is 16.3. The van der Waals surface area contributed by atoms with Crippen LogP contribution >= 0.6 is 12.4 Å². The molecule has 3 rings (SSSR count). The summed E-state index contributed by atoms with van der Waals surface area (Å²) in [5.74, 6) is 1.23. The van der Waals surface area contributed by atoms with E-state index in [0.717, 1.165) is 22.4 Å². The summed E-state index contributed by atoms with van der Waals surface area (Å²) in [5.41, 5.74) is 2.30. The fourth-order valence-corrected chi connectivity index (χ4v) is 2.47. The van der Waals surface area contributed by atoms with E-state index in [1.54, 1.807) is 19.1 Å². The molecule has 0 amide bonds. The third kappa shape index (κ3) is 4.68. The molecule has 0 aliphatic carbocycles. The van der Waals surface area contributed by atoms with Gasteiger partial charge in [-0.05, 0) is 49.7 Å². The van der Waals surface area contributed by atoms with Crippen molar-refractivity contribution in [1.82, 2.24) is 9.97 Å². The molecule has 0 radical (unpaired) electrons. The van der Waals surface area contributed by atoms with Crippen LogP contribution in [0.5, 0.6) is 0 Å². The highest BCUT2D eigenvalue weighted by Gasteiger charge is 2.08. The molecule has 0 aliphatic rings. The first kappa shape index (κ1) is 19.6. The van der Waals surface area contributed by atoms with Crippen molar-refractivity contribution >= 4 is 46.5 Å². The fourth-order valence-electron chi connectivity index (χ4n) is 2.47. The van der Waals surface area contributed by atoms with Crippen LogP contribution in [-0.4, -0.2) is 34.0 Å². The van der Waals surface area contributed by atoms with E-state index >= 15 is 0 Å². The summed E-state index contributed by atoms with van der Waals surface area (Å²) >= 11 is 0.